The second-order valence-electron chi connectivity index (χ2n) is 5.07. The van der Waals surface area contributed by atoms with Crippen molar-refractivity contribution in [1.29, 1.82) is 0 Å². The van der Waals surface area contributed by atoms with Crippen LogP contribution in [0.4, 0.5) is 10.1 Å². The third-order valence-electron chi connectivity index (χ3n) is 3.40. The molecule has 0 bridgehead atoms. The fraction of sp³-hybridized carbons (Fsp3) is 0.125. The van der Waals surface area contributed by atoms with Crippen molar-refractivity contribution in [2.24, 2.45) is 0 Å². The van der Waals surface area contributed by atoms with E-state index in [4.69, 9.17) is 13.9 Å². The fourth-order valence-corrected chi connectivity index (χ4v) is 2.15. The van der Waals surface area contributed by atoms with E-state index in [0.29, 0.717) is 5.56 Å². The average Bonchev–Trinajstić information content (AvgIpc) is 3.02. The van der Waals surface area contributed by atoms with E-state index in [9.17, 15) is 19.3 Å². The molecule has 0 spiro atoms. The van der Waals surface area contributed by atoms with Crippen LogP contribution in [0.2, 0.25) is 0 Å². The monoisotopic (exact) mass is 361 g/mol. The van der Waals surface area contributed by atoms with Gasteiger partial charge in [-0.05, 0) is 23.8 Å². The summed E-state index contributed by atoms with van der Waals surface area (Å²) < 4.78 is 28.8. The lowest BCUT2D eigenvalue weighted by Gasteiger charge is -2.08. The van der Waals surface area contributed by atoms with Crippen molar-refractivity contribution in [2.75, 3.05) is 7.11 Å². The Morgan fingerprint density at radius 2 is 2.00 bits per heavy atom. The third kappa shape index (κ3) is 3.53. The molecular weight excluding hydrogens is 349 g/mol. The van der Waals surface area contributed by atoms with Gasteiger partial charge in [0.1, 0.15) is 12.4 Å². The molecule has 0 fully saturated rings. The van der Waals surface area contributed by atoms with Crippen molar-refractivity contribution in [3.05, 3.63) is 74.5 Å². The number of nitro groups is 1. The van der Waals surface area contributed by atoms with Gasteiger partial charge in [-0.2, -0.15) is 4.68 Å². The normalized spacial score (nSPS) is 10.5. The Kier molecular flexibility index (Phi) is 4.65. The predicted octanol–water partition coefficient (Wildman–Crippen LogP) is 2.46. The first-order valence-electron chi connectivity index (χ1n) is 7.28. The molecule has 0 radical (unpaired) electrons. The van der Waals surface area contributed by atoms with Gasteiger partial charge in [-0.3, -0.25) is 10.1 Å². The zero-order valence-corrected chi connectivity index (χ0v) is 13.4. The summed E-state index contributed by atoms with van der Waals surface area (Å²) in [5, 5.41) is 15.0. The highest BCUT2D eigenvalue weighted by Gasteiger charge is 2.19. The van der Waals surface area contributed by atoms with Crippen LogP contribution < -0.4 is 15.2 Å². The van der Waals surface area contributed by atoms with E-state index in [1.807, 2.05) is 0 Å². The quantitative estimate of drug-likeness (QED) is 0.490. The van der Waals surface area contributed by atoms with Crippen molar-refractivity contribution in [2.45, 2.75) is 6.61 Å². The molecule has 0 saturated carbocycles. The van der Waals surface area contributed by atoms with Crippen molar-refractivity contribution in [3.8, 4) is 17.5 Å². The lowest BCUT2D eigenvalue weighted by Crippen LogP contribution is -2.13. The van der Waals surface area contributed by atoms with E-state index in [1.54, 1.807) is 0 Å². The summed E-state index contributed by atoms with van der Waals surface area (Å²) in [6.07, 6.45) is -0.248. The maximum atomic E-state index is 12.9. The Balaban J connectivity index is 1.93. The van der Waals surface area contributed by atoms with E-state index in [2.05, 4.69) is 5.10 Å². The number of ether oxygens (including phenoxy) is 2. The van der Waals surface area contributed by atoms with Gasteiger partial charge in [0.25, 0.3) is 0 Å². The molecule has 26 heavy (non-hydrogen) atoms. The van der Waals surface area contributed by atoms with Gasteiger partial charge in [0.2, 0.25) is 0 Å². The average molecular weight is 361 g/mol. The Labute approximate surface area is 145 Å². The highest BCUT2D eigenvalue weighted by atomic mass is 19.1. The number of rotatable bonds is 6. The molecular formula is C16H12FN3O6. The molecule has 0 unspecified atom stereocenters. The second kappa shape index (κ2) is 7.05. The summed E-state index contributed by atoms with van der Waals surface area (Å²) in [7, 11) is 1.28. The maximum Gasteiger partial charge on any atom is 0.444 e. The van der Waals surface area contributed by atoms with Crippen LogP contribution in [-0.2, 0) is 6.61 Å². The zero-order chi connectivity index (χ0) is 18.7. The molecule has 3 rings (SSSR count). The summed E-state index contributed by atoms with van der Waals surface area (Å²) >= 11 is 0. The Morgan fingerprint density at radius 1 is 1.27 bits per heavy atom. The largest absolute Gasteiger partial charge is 0.482 e. The van der Waals surface area contributed by atoms with Gasteiger partial charge in [-0.15, -0.1) is 0 Å². The van der Waals surface area contributed by atoms with Crippen LogP contribution in [0.1, 0.15) is 5.56 Å². The lowest BCUT2D eigenvalue weighted by atomic mass is 10.2. The van der Waals surface area contributed by atoms with Crippen LogP contribution in [0.15, 0.2) is 51.7 Å². The Hall–Kier alpha value is -3.69. The SMILES string of the molecule is COc1nn(-c2ccc([N+](=O)[O-])c(OCc3ccc(F)cc3)c2)c(=O)o1. The lowest BCUT2D eigenvalue weighted by molar-refractivity contribution is -0.385. The molecule has 0 N–H and O–H groups in total. The molecule has 0 amide bonds. The number of hydrogen-bond donors (Lipinski definition) is 0. The summed E-state index contributed by atoms with van der Waals surface area (Å²) in [4.78, 5) is 22.4. The summed E-state index contributed by atoms with van der Waals surface area (Å²) in [6, 6.07) is 9.30. The second-order valence-corrected chi connectivity index (χ2v) is 5.07. The number of halogens is 1. The van der Waals surface area contributed by atoms with Gasteiger partial charge < -0.3 is 13.9 Å². The van der Waals surface area contributed by atoms with Crippen LogP contribution in [0.3, 0.4) is 0 Å². The topological polar surface area (TPSA) is 110 Å². The number of nitro benzene ring substituents is 1. The number of nitrogens with zero attached hydrogens (tertiary/aromatic N) is 3. The minimum absolute atomic E-state index is 0.0262. The van der Waals surface area contributed by atoms with Gasteiger partial charge in [-0.1, -0.05) is 17.2 Å². The van der Waals surface area contributed by atoms with Crippen LogP contribution in [0, 0.1) is 15.9 Å². The highest BCUT2D eigenvalue weighted by molar-refractivity contribution is 5.52. The van der Waals surface area contributed by atoms with Crippen LogP contribution >= 0.6 is 0 Å². The molecule has 10 heteroatoms. The first-order chi connectivity index (χ1) is 12.5. The number of benzene rings is 2. The van der Waals surface area contributed by atoms with Crippen molar-refractivity contribution in [3.63, 3.8) is 0 Å². The standard InChI is InChI=1S/C16H12FN3O6/c1-24-15-18-19(16(21)26-15)12-6-7-13(20(22)23)14(8-12)25-9-10-2-4-11(17)5-3-10/h2-8H,9H2,1H3. The first kappa shape index (κ1) is 17.1. The van der Waals surface area contributed by atoms with Gasteiger partial charge in [-0.25, -0.2) is 9.18 Å². The smallest absolute Gasteiger partial charge is 0.444 e. The number of hydrogen-bond acceptors (Lipinski definition) is 7. The molecule has 3 aromatic rings. The number of methoxy groups -OCH3 is 1. The molecule has 134 valence electrons. The molecule has 9 nitrogen and oxygen atoms in total. The van der Waals surface area contributed by atoms with Gasteiger partial charge in [0, 0.05) is 12.1 Å². The van der Waals surface area contributed by atoms with Crippen molar-refractivity contribution < 1.29 is 23.2 Å². The summed E-state index contributed by atoms with van der Waals surface area (Å²) in [5.41, 5.74) is 0.521. The van der Waals surface area contributed by atoms with Crippen molar-refractivity contribution >= 4 is 5.69 Å². The van der Waals surface area contributed by atoms with E-state index < -0.39 is 16.5 Å². The zero-order valence-electron chi connectivity index (χ0n) is 13.4. The van der Waals surface area contributed by atoms with Crippen molar-refractivity contribution in [1.82, 2.24) is 9.78 Å². The molecule has 0 aliphatic carbocycles. The van der Waals surface area contributed by atoms with E-state index in [1.165, 1.54) is 49.6 Å². The minimum Gasteiger partial charge on any atom is -0.482 e. The van der Waals surface area contributed by atoms with Crippen LogP contribution in [0.25, 0.3) is 5.69 Å². The molecule has 1 heterocycles. The number of aromatic nitrogens is 2. The van der Waals surface area contributed by atoms with Crippen LogP contribution in [0.5, 0.6) is 11.8 Å². The Morgan fingerprint density at radius 3 is 2.62 bits per heavy atom. The highest BCUT2D eigenvalue weighted by Crippen LogP contribution is 2.30. The van der Waals surface area contributed by atoms with E-state index in [-0.39, 0.29) is 29.8 Å². The molecule has 0 aliphatic heterocycles. The van der Waals surface area contributed by atoms with E-state index in [0.717, 1.165) is 4.68 Å². The molecule has 0 atom stereocenters. The van der Waals surface area contributed by atoms with E-state index >= 15 is 0 Å². The van der Waals surface area contributed by atoms with Gasteiger partial charge in [0.05, 0.1) is 17.7 Å². The molecule has 1 aromatic heterocycles. The molecule has 2 aromatic carbocycles. The molecule has 0 aliphatic rings. The fourth-order valence-electron chi connectivity index (χ4n) is 2.15. The minimum atomic E-state index is -0.819. The summed E-state index contributed by atoms with van der Waals surface area (Å²) in [6.45, 7) is -0.0262. The summed E-state index contributed by atoms with van der Waals surface area (Å²) in [5.74, 6) is -1.30. The Bertz CT molecular complexity index is 996. The van der Waals surface area contributed by atoms with Gasteiger partial charge >= 0.3 is 17.5 Å². The predicted molar refractivity (Wildman–Crippen MR) is 86.0 cm³/mol. The maximum absolute atomic E-state index is 12.9. The first-order valence-corrected chi connectivity index (χ1v) is 7.28. The van der Waals surface area contributed by atoms with Gasteiger partial charge in [0.15, 0.2) is 5.75 Å². The van der Waals surface area contributed by atoms with Crippen LogP contribution in [-0.4, -0.2) is 21.8 Å². The molecule has 0 saturated heterocycles. The third-order valence-corrected chi connectivity index (χ3v) is 3.40.